The Morgan fingerprint density at radius 1 is 1.04 bits per heavy atom. The van der Waals surface area contributed by atoms with E-state index in [0.29, 0.717) is 0 Å². The summed E-state index contributed by atoms with van der Waals surface area (Å²) >= 11 is 0. The molecule has 0 aromatic carbocycles. The normalized spacial score (nSPS) is 21.2. The van der Waals surface area contributed by atoms with E-state index in [4.69, 9.17) is 0 Å². The number of aromatic nitrogens is 7. The molecule has 0 spiro atoms. The molecule has 5 rings (SSSR count). The van der Waals surface area contributed by atoms with Crippen LogP contribution in [-0.2, 0) is 13.0 Å². The number of nitrogens with one attached hydrogen (secondary N) is 1. The average Bonchev–Trinajstić information content (AvgIpc) is 3.28. The van der Waals surface area contributed by atoms with Crippen LogP contribution in [0.3, 0.4) is 0 Å². The summed E-state index contributed by atoms with van der Waals surface area (Å²) in [5.74, 6) is 3.18. The third-order valence-electron chi connectivity index (χ3n) is 5.19. The first-order valence-corrected chi connectivity index (χ1v) is 8.74. The van der Waals surface area contributed by atoms with Crippen molar-refractivity contribution in [2.75, 3.05) is 11.4 Å². The van der Waals surface area contributed by atoms with Gasteiger partial charge in [0, 0.05) is 19.5 Å². The van der Waals surface area contributed by atoms with Crippen LogP contribution in [-0.4, -0.2) is 41.5 Å². The van der Waals surface area contributed by atoms with Crippen LogP contribution in [0.1, 0.15) is 49.8 Å². The molecule has 8 nitrogen and oxygen atoms in total. The van der Waals surface area contributed by atoms with E-state index in [-0.39, 0.29) is 6.04 Å². The van der Waals surface area contributed by atoms with Crippen LogP contribution in [0, 0.1) is 0 Å². The smallest absolute Gasteiger partial charge is 0.160 e. The van der Waals surface area contributed by atoms with E-state index in [1.165, 1.54) is 25.7 Å². The van der Waals surface area contributed by atoms with Crippen molar-refractivity contribution in [1.29, 1.82) is 0 Å². The van der Waals surface area contributed by atoms with Gasteiger partial charge in [0.1, 0.15) is 18.0 Å². The summed E-state index contributed by atoms with van der Waals surface area (Å²) in [4.78, 5) is 11.2. The monoisotopic (exact) mass is 324 g/mol. The fourth-order valence-corrected chi connectivity index (χ4v) is 4.01. The maximum atomic E-state index is 4.57. The highest BCUT2D eigenvalue weighted by molar-refractivity contribution is 5.86. The van der Waals surface area contributed by atoms with E-state index < -0.39 is 0 Å². The van der Waals surface area contributed by atoms with Gasteiger partial charge in [0.25, 0.3) is 0 Å². The van der Waals surface area contributed by atoms with Gasteiger partial charge < -0.3 is 9.47 Å². The molecule has 1 unspecified atom stereocenters. The van der Waals surface area contributed by atoms with Crippen molar-refractivity contribution < 1.29 is 0 Å². The van der Waals surface area contributed by atoms with E-state index in [9.17, 15) is 0 Å². The van der Waals surface area contributed by atoms with Crippen molar-refractivity contribution in [2.24, 2.45) is 0 Å². The molecule has 0 saturated carbocycles. The molecule has 2 aliphatic rings. The summed E-state index contributed by atoms with van der Waals surface area (Å²) in [6.07, 6.45) is 10.4. The molecule has 1 atom stereocenters. The van der Waals surface area contributed by atoms with Gasteiger partial charge in [0.2, 0.25) is 0 Å². The van der Waals surface area contributed by atoms with Gasteiger partial charge in [-0.3, -0.25) is 5.10 Å². The first kappa shape index (κ1) is 13.9. The van der Waals surface area contributed by atoms with Gasteiger partial charge in [-0.15, -0.1) is 10.2 Å². The summed E-state index contributed by atoms with van der Waals surface area (Å²) in [6, 6.07) is 0.228. The van der Waals surface area contributed by atoms with Gasteiger partial charge in [0.15, 0.2) is 11.5 Å². The number of fused-ring (bicyclic) bond motifs is 2. The number of hydrogen-bond acceptors (Lipinski definition) is 6. The molecule has 2 aliphatic heterocycles. The van der Waals surface area contributed by atoms with Crippen LogP contribution in [0.4, 0.5) is 5.82 Å². The number of hydrogen-bond donors (Lipinski definition) is 1. The molecule has 0 aliphatic carbocycles. The van der Waals surface area contributed by atoms with Gasteiger partial charge in [0.05, 0.1) is 17.6 Å². The largest absolute Gasteiger partial charge is 0.346 e. The fraction of sp³-hybridized carbons (Fsp3) is 0.562. The lowest BCUT2D eigenvalue weighted by molar-refractivity contribution is 0.421. The molecule has 1 fully saturated rings. The molecule has 1 N–H and O–H groups in total. The van der Waals surface area contributed by atoms with Crippen molar-refractivity contribution in [3.05, 3.63) is 24.2 Å². The maximum Gasteiger partial charge on any atom is 0.160 e. The summed E-state index contributed by atoms with van der Waals surface area (Å²) in [5.41, 5.74) is 0.785. The summed E-state index contributed by atoms with van der Waals surface area (Å²) in [6.45, 7) is 2.01. The number of rotatable bonds is 2. The Bertz CT molecular complexity index is 866. The first-order valence-electron chi connectivity index (χ1n) is 8.74. The molecule has 8 heteroatoms. The SMILES string of the molecule is c1nc(N2CCCCC2c2nnc3n2CCCC3)c2cn[nH]c2n1. The number of aromatic amines is 1. The number of anilines is 1. The lowest BCUT2D eigenvalue weighted by Gasteiger charge is -2.36. The first-order chi connectivity index (χ1) is 11.9. The second-order valence-corrected chi connectivity index (χ2v) is 6.62. The highest BCUT2D eigenvalue weighted by Crippen LogP contribution is 2.36. The summed E-state index contributed by atoms with van der Waals surface area (Å²) in [5, 5.41) is 17.1. The number of aryl methyl sites for hydroxylation is 1. The third-order valence-corrected chi connectivity index (χ3v) is 5.19. The predicted octanol–water partition coefficient (Wildman–Crippen LogP) is 2.01. The minimum atomic E-state index is 0.228. The highest BCUT2D eigenvalue weighted by atomic mass is 15.3. The van der Waals surface area contributed by atoms with Crippen molar-refractivity contribution in [1.82, 2.24) is 34.9 Å². The fourth-order valence-electron chi connectivity index (χ4n) is 4.01. The second-order valence-electron chi connectivity index (χ2n) is 6.62. The van der Waals surface area contributed by atoms with E-state index in [0.717, 1.165) is 54.4 Å². The minimum Gasteiger partial charge on any atom is -0.346 e. The Hall–Kier alpha value is -2.51. The molecule has 5 heterocycles. The molecule has 1 saturated heterocycles. The zero-order chi connectivity index (χ0) is 15.9. The standard InChI is InChI=1S/C16H20N8/c1-3-7-23(15-11-9-19-21-14(11)17-10-18-15)12(5-1)16-22-20-13-6-2-4-8-24(13)16/h9-10,12H,1-8H2,(H,17,18,19,21). The van der Waals surface area contributed by atoms with E-state index in [2.05, 4.69) is 39.8 Å². The predicted molar refractivity (Wildman–Crippen MR) is 88.6 cm³/mol. The molecule has 3 aromatic rings. The van der Waals surface area contributed by atoms with Gasteiger partial charge in [-0.2, -0.15) is 5.10 Å². The molecule has 0 radical (unpaired) electrons. The summed E-state index contributed by atoms with van der Waals surface area (Å²) in [7, 11) is 0. The highest BCUT2D eigenvalue weighted by Gasteiger charge is 2.32. The van der Waals surface area contributed by atoms with Crippen LogP contribution in [0.25, 0.3) is 11.0 Å². The molecular formula is C16H20N8. The minimum absolute atomic E-state index is 0.228. The molecule has 3 aromatic heterocycles. The van der Waals surface area contributed by atoms with Gasteiger partial charge >= 0.3 is 0 Å². The van der Waals surface area contributed by atoms with Gasteiger partial charge in [-0.1, -0.05) is 0 Å². The lowest BCUT2D eigenvalue weighted by Crippen LogP contribution is -2.36. The van der Waals surface area contributed by atoms with Gasteiger partial charge in [-0.25, -0.2) is 9.97 Å². The topological polar surface area (TPSA) is 88.4 Å². The van der Waals surface area contributed by atoms with E-state index >= 15 is 0 Å². The Balaban J connectivity index is 1.59. The summed E-state index contributed by atoms with van der Waals surface area (Å²) < 4.78 is 2.33. The Labute approximate surface area is 139 Å². The Morgan fingerprint density at radius 2 is 2.00 bits per heavy atom. The van der Waals surface area contributed by atoms with Gasteiger partial charge in [-0.05, 0) is 32.1 Å². The number of piperidine rings is 1. The molecule has 124 valence electrons. The quantitative estimate of drug-likeness (QED) is 0.776. The van der Waals surface area contributed by atoms with Crippen molar-refractivity contribution in [2.45, 2.75) is 51.1 Å². The van der Waals surface area contributed by atoms with E-state index in [1.54, 1.807) is 6.33 Å². The molecule has 0 bridgehead atoms. The molecule has 24 heavy (non-hydrogen) atoms. The third kappa shape index (κ3) is 2.09. The van der Waals surface area contributed by atoms with Crippen LogP contribution >= 0.6 is 0 Å². The van der Waals surface area contributed by atoms with Crippen molar-refractivity contribution in [3.63, 3.8) is 0 Å². The zero-order valence-corrected chi connectivity index (χ0v) is 13.5. The van der Waals surface area contributed by atoms with Crippen LogP contribution in [0.2, 0.25) is 0 Å². The maximum absolute atomic E-state index is 4.57. The second kappa shape index (κ2) is 5.54. The van der Waals surface area contributed by atoms with Crippen LogP contribution in [0.5, 0.6) is 0 Å². The zero-order valence-electron chi connectivity index (χ0n) is 13.5. The Morgan fingerprint density at radius 3 is 3.00 bits per heavy atom. The van der Waals surface area contributed by atoms with Crippen LogP contribution < -0.4 is 4.90 Å². The van der Waals surface area contributed by atoms with Crippen molar-refractivity contribution in [3.8, 4) is 0 Å². The number of H-pyrrole nitrogens is 1. The Kier molecular flexibility index (Phi) is 3.20. The number of nitrogens with zero attached hydrogens (tertiary/aromatic N) is 7. The average molecular weight is 324 g/mol. The van der Waals surface area contributed by atoms with E-state index in [1.807, 2.05) is 6.20 Å². The molecule has 0 amide bonds. The van der Waals surface area contributed by atoms with Crippen LogP contribution in [0.15, 0.2) is 12.5 Å². The molecular weight excluding hydrogens is 304 g/mol. The lowest BCUT2D eigenvalue weighted by atomic mass is 10.0. The van der Waals surface area contributed by atoms with Crippen molar-refractivity contribution >= 4 is 16.9 Å².